The molecule has 0 aliphatic rings. The van der Waals surface area contributed by atoms with Gasteiger partial charge in [0, 0.05) is 12.7 Å². The van der Waals surface area contributed by atoms with Crippen LogP contribution in [0.1, 0.15) is 30.7 Å². The Bertz CT molecular complexity index is 519. The van der Waals surface area contributed by atoms with Crippen molar-refractivity contribution in [2.24, 2.45) is 0 Å². The molecule has 0 amide bonds. The van der Waals surface area contributed by atoms with Crippen molar-refractivity contribution in [3.8, 4) is 0 Å². The number of aliphatic hydroxyl groups excluding tert-OH is 1. The molecule has 2 rings (SSSR count). The molecule has 0 radical (unpaired) electrons. The van der Waals surface area contributed by atoms with Crippen LogP contribution in [0.5, 0.6) is 0 Å². The van der Waals surface area contributed by atoms with E-state index in [0.29, 0.717) is 12.2 Å². The zero-order valence-electron chi connectivity index (χ0n) is 9.98. The summed E-state index contributed by atoms with van der Waals surface area (Å²) >= 11 is 0. The van der Waals surface area contributed by atoms with Gasteiger partial charge in [0.1, 0.15) is 17.7 Å². The standard InChI is InChI=1S/C13H14F2N2O/c1-2-8-17-11(6-7-16-17)13(18)12-9(14)4-3-5-10(12)15/h3-7,13,18H,2,8H2,1H3. The van der Waals surface area contributed by atoms with Crippen molar-refractivity contribution < 1.29 is 13.9 Å². The molecule has 1 unspecified atom stereocenters. The first-order chi connectivity index (χ1) is 8.65. The van der Waals surface area contributed by atoms with Gasteiger partial charge in [-0.15, -0.1) is 0 Å². The van der Waals surface area contributed by atoms with Crippen LogP contribution in [-0.4, -0.2) is 14.9 Å². The van der Waals surface area contributed by atoms with Gasteiger partial charge in [-0.2, -0.15) is 5.10 Å². The summed E-state index contributed by atoms with van der Waals surface area (Å²) < 4.78 is 28.7. The number of aryl methyl sites for hydroxylation is 1. The lowest BCUT2D eigenvalue weighted by molar-refractivity contribution is 0.197. The molecule has 0 aliphatic carbocycles. The molecule has 96 valence electrons. The molecule has 1 aromatic carbocycles. The molecule has 0 aliphatic heterocycles. The molecule has 1 N–H and O–H groups in total. The fourth-order valence-electron chi connectivity index (χ4n) is 1.89. The van der Waals surface area contributed by atoms with E-state index in [1.807, 2.05) is 6.92 Å². The van der Waals surface area contributed by atoms with Gasteiger partial charge in [0.2, 0.25) is 0 Å². The van der Waals surface area contributed by atoms with Crippen molar-refractivity contribution in [1.29, 1.82) is 0 Å². The van der Waals surface area contributed by atoms with Crippen LogP contribution in [0.2, 0.25) is 0 Å². The summed E-state index contributed by atoms with van der Waals surface area (Å²) in [4.78, 5) is 0. The molecular formula is C13H14F2N2O. The van der Waals surface area contributed by atoms with Gasteiger partial charge in [0.15, 0.2) is 0 Å². The molecular weight excluding hydrogens is 238 g/mol. The fourth-order valence-corrected chi connectivity index (χ4v) is 1.89. The Morgan fingerprint density at radius 3 is 2.56 bits per heavy atom. The van der Waals surface area contributed by atoms with Crippen molar-refractivity contribution >= 4 is 0 Å². The van der Waals surface area contributed by atoms with Crippen molar-refractivity contribution in [2.45, 2.75) is 26.0 Å². The molecule has 18 heavy (non-hydrogen) atoms. The minimum Gasteiger partial charge on any atom is -0.382 e. The topological polar surface area (TPSA) is 38.0 Å². The number of hydrogen-bond donors (Lipinski definition) is 1. The van der Waals surface area contributed by atoms with Crippen molar-refractivity contribution in [1.82, 2.24) is 9.78 Å². The summed E-state index contributed by atoms with van der Waals surface area (Å²) in [5.74, 6) is -1.52. The first kappa shape index (κ1) is 12.7. The van der Waals surface area contributed by atoms with Gasteiger partial charge in [-0.25, -0.2) is 8.78 Å². The summed E-state index contributed by atoms with van der Waals surface area (Å²) in [6.45, 7) is 2.55. The number of aromatic nitrogens is 2. The first-order valence-corrected chi connectivity index (χ1v) is 5.78. The second-order valence-corrected chi connectivity index (χ2v) is 4.02. The maximum atomic E-state index is 13.6. The molecule has 0 saturated carbocycles. The lowest BCUT2D eigenvalue weighted by Crippen LogP contribution is -2.12. The third kappa shape index (κ3) is 2.26. The Kier molecular flexibility index (Phi) is 3.72. The highest BCUT2D eigenvalue weighted by atomic mass is 19.1. The molecule has 1 heterocycles. The van der Waals surface area contributed by atoms with Crippen molar-refractivity contribution in [3.63, 3.8) is 0 Å². The summed E-state index contributed by atoms with van der Waals surface area (Å²) in [6.07, 6.45) is 0.981. The van der Waals surface area contributed by atoms with Crippen LogP contribution in [-0.2, 0) is 6.54 Å². The maximum absolute atomic E-state index is 13.6. The third-order valence-corrected chi connectivity index (χ3v) is 2.74. The molecule has 0 bridgehead atoms. The zero-order chi connectivity index (χ0) is 13.1. The maximum Gasteiger partial charge on any atom is 0.132 e. The Morgan fingerprint density at radius 1 is 1.28 bits per heavy atom. The van der Waals surface area contributed by atoms with Crippen LogP contribution < -0.4 is 0 Å². The third-order valence-electron chi connectivity index (χ3n) is 2.74. The largest absolute Gasteiger partial charge is 0.382 e. The predicted octanol–water partition coefficient (Wildman–Crippen LogP) is 2.65. The van der Waals surface area contributed by atoms with E-state index in [2.05, 4.69) is 5.10 Å². The number of hydrogen-bond acceptors (Lipinski definition) is 2. The predicted molar refractivity (Wildman–Crippen MR) is 62.9 cm³/mol. The fraction of sp³-hybridized carbons (Fsp3) is 0.308. The average Bonchev–Trinajstić information content (AvgIpc) is 2.77. The van der Waals surface area contributed by atoms with Crippen LogP contribution in [0.4, 0.5) is 8.78 Å². The van der Waals surface area contributed by atoms with Gasteiger partial charge in [-0.05, 0) is 24.6 Å². The van der Waals surface area contributed by atoms with E-state index in [-0.39, 0.29) is 5.56 Å². The van der Waals surface area contributed by atoms with Crippen LogP contribution in [0.15, 0.2) is 30.5 Å². The first-order valence-electron chi connectivity index (χ1n) is 5.78. The summed E-state index contributed by atoms with van der Waals surface area (Å²) in [5.41, 5.74) is 0.0520. The Balaban J connectivity index is 2.41. The second-order valence-electron chi connectivity index (χ2n) is 4.02. The van der Waals surface area contributed by atoms with E-state index in [1.54, 1.807) is 10.7 Å². The van der Waals surface area contributed by atoms with E-state index in [4.69, 9.17) is 0 Å². The normalized spacial score (nSPS) is 12.7. The van der Waals surface area contributed by atoms with Crippen LogP contribution in [0.3, 0.4) is 0 Å². The highest BCUT2D eigenvalue weighted by Crippen LogP contribution is 2.26. The average molecular weight is 252 g/mol. The highest BCUT2D eigenvalue weighted by Gasteiger charge is 2.22. The van der Waals surface area contributed by atoms with Gasteiger partial charge >= 0.3 is 0 Å². The molecule has 1 aromatic heterocycles. The Hall–Kier alpha value is -1.75. The molecule has 2 aromatic rings. The number of benzene rings is 1. The van der Waals surface area contributed by atoms with Crippen LogP contribution in [0.25, 0.3) is 0 Å². The molecule has 0 saturated heterocycles. The van der Waals surface area contributed by atoms with Crippen molar-refractivity contribution in [3.05, 3.63) is 53.4 Å². The highest BCUT2D eigenvalue weighted by molar-refractivity contribution is 5.28. The number of aliphatic hydroxyl groups is 1. The molecule has 0 fully saturated rings. The Labute approximate surface area is 104 Å². The van der Waals surface area contributed by atoms with Gasteiger partial charge < -0.3 is 5.11 Å². The van der Waals surface area contributed by atoms with E-state index < -0.39 is 17.7 Å². The minimum atomic E-state index is -1.35. The van der Waals surface area contributed by atoms with E-state index in [9.17, 15) is 13.9 Å². The summed E-state index contributed by atoms with van der Waals surface area (Å²) in [5, 5.41) is 14.1. The van der Waals surface area contributed by atoms with E-state index in [1.165, 1.54) is 12.3 Å². The Morgan fingerprint density at radius 2 is 1.94 bits per heavy atom. The van der Waals surface area contributed by atoms with Crippen LogP contribution in [0, 0.1) is 11.6 Å². The minimum absolute atomic E-state index is 0.338. The van der Waals surface area contributed by atoms with Gasteiger partial charge in [0.25, 0.3) is 0 Å². The molecule has 3 nitrogen and oxygen atoms in total. The smallest absolute Gasteiger partial charge is 0.132 e. The van der Waals surface area contributed by atoms with Gasteiger partial charge in [-0.3, -0.25) is 4.68 Å². The van der Waals surface area contributed by atoms with E-state index >= 15 is 0 Å². The lowest BCUT2D eigenvalue weighted by Gasteiger charge is -2.14. The zero-order valence-corrected chi connectivity index (χ0v) is 9.98. The number of rotatable bonds is 4. The monoisotopic (exact) mass is 252 g/mol. The summed E-state index contributed by atoms with van der Waals surface area (Å²) in [6, 6.07) is 5.08. The molecule has 0 spiro atoms. The lowest BCUT2D eigenvalue weighted by atomic mass is 10.1. The quantitative estimate of drug-likeness (QED) is 0.908. The SMILES string of the molecule is CCCn1nccc1C(O)c1c(F)cccc1F. The van der Waals surface area contributed by atoms with Crippen LogP contribution >= 0.6 is 0 Å². The van der Waals surface area contributed by atoms with Crippen molar-refractivity contribution in [2.75, 3.05) is 0 Å². The van der Waals surface area contributed by atoms with Gasteiger partial charge in [0.05, 0.1) is 11.3 Å². The number of nitrogens with zero attached hydrogens (tertiary/aromatic N) is 2. The second kappa shape index (κ2) is 5.27. The van der Waals surface area contributed by atoms with Gasteiger partial charge in [-0.1, -0.05) is 13.0 Å². The summed E-state index contributed by atoms with van der Waals surface area (Å²) in [7, 11) is 0. The number of halogens is 2. The molecule has 1 atom stereocenters. The molecule has 5 heteroatoms. The van der Waals surface area contributed by atoms with E-state index in [0.717, 1.165) is 18.6 Å².